The number of likely N-dealkylation sites (tertiary alicyclic amines) is 1. The number of quaternary nitrogens is 1. The van der Waals surface area contributed by atoms with Gasteiger partial charge in [0.2, 0.25) is 0 Å². The summed E-state index contributed by atoms with van der Waals surface area (Å²) >= 11 is 5.83. The van der Waals surface area contributed by atoms with E-state index in [9.17, 15) is 4.79 Å². The van der Waals surface area contributed by atoms with Gasteiger partial charge in [0, 0.05) is 34.7 Å². The summed E-state index contributed by atoms with van der Waals surface area (Å²) in [5.74, 6) is -0.196. The van der Waals surface area contributed by atoms with Crippen molar-refractivity contribution in [2.75, 3.05) is 13.1 Å². The minimum atomic E-state index is -0.196. The number of amides is 1. The fourth-order valence-corrected chi connectivity index (χ4v) is 2.99. The molecule has 0 bridgehead atoms. The predicted octanol–water partition coefficient (Wildman–Crippen LogP) is 2.30. The van der Waals surface area contributed by atoms with E-state index in [4.69, 9.17) is 11.6 Å². The lowest BCUT2D eigenvalue weighted by Crippen LogP contribution is -3.11. The molecule has 3 rings (SSSR count). The molecule has 2 aromatic carbocycles. The summed E-state index contributed by atoms with van der Waals surface area (Å²) in [5.41, 5.74) is 5.64. The first kappa shape index (κ1) is 16.7. The second-order valence-corrected chi connectivity index (χ2v) is 6.47. The Bertz CT molecular complexity index is 703. The number of carbonyl (C=O) groups is 1. The van der Waals surface area contributed by atoms with E-state index in [-0.39, 0.29) is 5.91 Å². The molecule has 5 heteroatoms. The van der Waals surface area contributed by atoms with Crippen LogP contribution in [0.15, 0.2) is 59.7 Å². The largest absolute Gasteiger partial charge is 0.331 e. The molecule has 2 N–H and O–H groups in total. The summed E-state index contributed by atoms with van der Waals surface area (Å²) in [5, 5.41) is 4.91. The molecule has 124 valence electrons. The Morgan fingerprint density at radius 3 is 2.38 bits per heavy atom. The summed E-state index contributed by atoms with van der Waals surface area (Å²) in [6.45, 7) is 3.14. The molecule has 0 unspecified atom stereocenters. The molecule has 0 spiro atoms. The van der Waals surface area contributed by atoms with Crippen molar-refractivity contribution in [1.82, 2.24) is 5.43 Å². The van der Waals surface area contributed by atoms with Crippen LogP contribution in [0.4, 0.5) is 0 Å². The van der Waals surface area contributed by atoms with E-state index in [2.05, 4.69) is 34.8 Å². The number of piperidine rings is 1. The quantitative estimate of drug-likeness (QED) is 0.823. The highest BCUT2D eigenvalue weighted by Crippen LogP contribution is 2.09. The van der Waals surface area contributed by atoms with Crippen molar-refractivity contribution in [3.05, 3.63) is 70.7 Å². The third-order valence-electron chi connectivity index (χ3n) is 4.25. The number of benzene rings is 2. The smallest absolute Gasteiger partial charge is 0.271 e. The van der Waals surface area contributed by atoms with Crippen molar-refractivity contribution in [2.45, 2.75) is 19.4 Å². The van der Waals surface area contributed by atoms with Gasteiger partial charge in [0.05, 0.1) is 13.1 Å². The lowest BCUT2D eigenvalue weighted by Gasteiger charge is -2.24. The molecule has 0 aromatic heterocycles. The van der Waals surface area contributed by atoms with Crippen LogP contribution in [0.2, 0.25) is 5.02 Å². The number of nitrogens with one attached hydrogen (secondary N) is 2. The fraction of sp³-hybridized carbons (Fsp3) is 0.263. The van der Waals surface area contributed by atoms with Crippen molar-refractivity contribution in [1.29, 1.82) is 0 Å². The lowest BCUT2D eigenvalue weighted by molar-refractivity contribution is -0.914. The molecule has 0 aliphatic carbocycles. The molecule has 0 atom stereocenters. The molecule has 1 fully saturated rings. The first-order valence-electron chi connectivity index (χ1n) is 8.19. The SMILES string of the molecule is O=C(NN=C1CC[NH+](Cc2ccccc2)CC1)c1ccc(Cl)cc1. The van der Waals surface area contributed by atoms with Crippen LogP contribution in [-0.2, 0) is 6.54 Å². The number of hydrazone groups is 1. The molecule has 4 nitrogen and oxygen atoms in total. The maximum atomic E-state index is 12.0. The summed E-state index contributed by atoms with van der Waals surface area (Å²) < 4.78 is 0. The van der Waals surface area contributed by atoms with Gasteiger partial charge in [0.1, 0.15) is 6.54 Å². The average Bonchev–Trinajstić information content (AvgIpc) is 2.62. The molecule has 2 aromatic rings. The van der Waals surface area contributed by atoms with Gasteiger partial charge in [-0.1, -0.05) is 41.9 Å². The van der Waals surface area contributed by atoms with Crippen LogP contribution in [0.3, 0.4) is 0 Å². The Morgan fingerprint density at radius 1 is 1.04 bits per heavy atom. The van der Waals surface area contributed by atoms with Crippen molar-refractivity contribution in [3.63, 3.8) is 0 Å². The maximum Gasteiger partial charge on any atom is 0.271 e. The van der Waals surface area contributed by atoms with Gasteiger partial charge in [-0.3, -0.25) is 4.79 Å². The standard InChI is InChI=1S/C19H20ClN3O/c20-17-8-6-16(7-9-17)19(24)22-21-18-10-12-23(13-11-18)14-15-4-2-1-3-5-15/h1-9H,10-14H2,(H,22,24)/p+1. The van der Waals surface area contributed by atoms with E-state index >= 15 is 0 Å². The third-order valence-corrected chi connectivity index (χ3v) is 4.51. The topological polar surface area (TPSA) is 45.9 Å². The van der Waals surface area contributed by atoms with E-state index in [0.29, 0.717) is 10.6 Å². The monoisotopic (exact) mass is 342 g/mol. The first-order chi connectivity index (χ1) is 11.7. The number of halogens is 1. The number of carbonyl (C=O) groups excluding carboxylic acids is 1. The Balaban J connectivity index is 1.48. The molecular formula is C19H21ClN3O+. The van der Waals surface area contributed by atoms with Crippen LogP contribution >= 0.6 is 11.6 Å². The van der Waals surface area contributed by atoms with E-state index < -0.39 is 0 Å². The van der Waals surface area contributed by atoms with Crippen LogP contribution in [0.1, 0.15) is 28.8 Å². The second-order valence-electron chi connectivity index (χ2n) is 6.04. The Labute approximate surface area is 147 Å². The van der Waals surface area contributed by atoms with E-state index in [1.807, 2.05) is 6.07 Å². The fourth-order valence-electron chi connectivity index (χ4n) is 2.86. The van der Waals surface area contributed by atoms with Crippen LogP contribution in [0.5, 0.6) is 0 Å². The van der Waals surface area contributed by atoms with E-state index in [1.54, 1.807) is 29.2 Å². The van der Waals surface area contributed by atoms with Gasteiger partial charge >= 0.3 is 0 Å². The number of rotatable bonds is 4. The van der Waals surface area contributed by atoms with Crippen molar-refractivity contribution < 1.29 is 9.69 Å². The van der Waals surface area contributed by atoms with Gasteiger partial charge in [0.25, 0.3) is 5.91 Å². The summed E-state index contributed by atoms with van der Waals surface area (Å²) in [4.78, 5) is 13.6. The molecule has 1 heterocycles. The van der Waals surface area contributed by atoms with Gasteiger partial charge < -0.3 is 4.90 Å². The second kappa shape index (κ2) is 8.08. The van der Waals surface area contributed by atoms with E-state index in [0.717, 1.165) is 38.2 Å². The molecule has 1 aliphatic rings. The number of hydrogen-bond donors (Lipinski definition) is 2. The Hall–Kier alpha value is -2.17. The summed E-state index contributed by atoms with van der Waals surface area (Å²) in [6.07, 6.45) is 1.84. The normalized spacial score (nSPS) is 17.4. The molecule has 0 radical (unpaired) electrons. The minimum Gasteiger partial charge on any atom is -0.331 e. The Morgan fingerprint density at radius 2 is 1.71 bits per heavy atom. The average molecular weight is 343 g/mol. The molecule has 1 amide bonds. The highest BCUT2D eigenvalue weighted by atomic mass is 35.5. The van der Waals surface area contributed by atoms with Gasteiger partial charge in [-0.05, 0) is 24.3 Å². The maximum absolute atomic E-state index is 12.0. The summed E-state index contributed by atoms with van der Waals surface area (Å²) in [6, 6.07) is 17.4. The Kier molecular flexibility index (Phi) is 5.62. The van der Waals surface area contributed by atoms with Crippen LogP contribution in [0, 0.1) is 0 Å². The molecular weight excluding hydrogens is 322 g/mol. The van der Waals surface area contributed by atoms with Gasteiger partial charge in [-0.15, -0.1) is 0 Å². The zero-order chi connectivity index (χ0) is 16.8. The van der Waals surface area contributed by atoms with Crippen LogP contribution in [-0.4, -0.2) is 24.7 Å². The zero-order valence-corrected chi connectivity index (χ0v) is 14.2. The highest BCUT2D eigenvalue weighted by Gasteiger charge is 2.18. The molecule has 1 saturated heterocycles. The molecule has 0 saturated carbocycles. The molecule has 1 aliphatic heterocycles. The van der Waals surface area contributed by atoms with E-state index in [1.165, 1.54) is 5.56 Å². The van der Waals surface area contributed by atoms with Gasteiger partial charge in [0.15, 0.2) is 0 Å². The number of nitrogens with zero attached hydrogens (tertiary/aromatic N) is 1. The predicted molar refractivity (Wildman–Crippen MR) is 96.4 cm³/mol. The lowest BCUT2D eigenvalue weighted by atomic mass is 10.1. The van der Waals surface area contributed by atoms with Gasteiger partial charge in [-0.2, -0.15) is 5.10 Å². The van der Waals surface area contributed by atoms with Crippen molar-refractivity contribution >= 4 is 23.2 Å². The first-order valence-corrected chi connectivity index (χ1v) is 8.57. The van der Waals surface area contributed by atoms with Gasteiger partial charge in [-0.25, -0.2) is 5.43 Å². The van der Waals surface area contributed by atoms with Crippen molar-refractivity contribution in [3.8, 4) is 0 Å². The minimum absolute atomic E-state index is 0.196. The summed E-state index contributed by atoms with van der Waals surface area (Å²) in [7, 11) is 0. The molecule has 24 heavy (non-hydrogen) atoms. The third kappa shape index (κ3) is 4.66. The van der Waals surface area contributed by atoms with Crippen molar-refractivity contribution in [2.24, 2.45) is 5.10 Å². The highest BCUT2D eigenvalue weighted by molar-refractivity contribution is 6.30. The number of hydrogen-bond acceptors (Lipinski definition) is 2. The van der Waals surface area contributed by atoms with Crippen LogP contribution in [0.25, 0.3) is 0 Å². The zero-order valence-electron chi connectivity index (χ0n) is 13.5. The van der Waals surface area contributed by atoms with Crippen LogP contribution < -0.4 is 10.3 Å².